The number of esters is 2. The molecule has 0 bridgehead atoms. The summed E-state index contributed by atoms with van der Waals surface area (Å²) in [7, 11) is 7.56. The molecular formula is C47H59Br3N10O7. The minimum atomic E-state index is -0.342. The Balaban J connectivity index is 0.000000297. The van der Waals surface area contributed by atoms with Crippen molar-refractivity contribution in [3.8, 4) is 16.9 Å². The molecule has 360 valence electrons. The molecule has 6 heterocycles. The van der Waals surface area contributed by atoms with E-state index in [4.69, 9.17) is 24.7 Å². The van der Waals surface area contributed by atoms with Crippen LogP contribution in [-0.2, 0) is 41.5 Å². The van der Waals surface area contributed by atoms with E-state index < -0.39 is 0 Å². The second-order valence-corrected chi connectivity index (χ2v) is 16.1. The molecule has 20 heteroatoms. The monoisotopic (exact) mass is 1110 g/mol. The highest BCUT2D eigenvalue weighted by molar-refractivity contribution is 9.11. The van der Waals surface area contributed by atoms with Crippen LogP contribution >= 0.6 is 47.8 Å². The van der Waals surface area contributed by atoms with Gasteiger partial charge in [-0.2, -0.15) is 0 Å². The Morgan fingerprint density at radius 2 is 1.33 bits per heavy atom. The molecule has 0 atom stereocenters. The fourth-order valence-corrected chi connectivity index (χ4v) is 5.76. The number of pyridine rings is 5. The van der Waals surface area contributed by atoms with Crippen molar-refractivity contribution in [2.24, 2.45) is 5.73 Å². The van der Waals surface area contributed by atoms with Crippen molar-refractivity contribution >= 4 is 65.3 Å². The lowest BCUT2D eigenvalue weighted by atomic mass is 10.1. The molecule has 17 nitrogen and oxygen atoms in total. The topological polar surface area (TPSA) is 206 Å². The molecule has 0 aliphatic carbocycles. The Morgan fingerprint density at radius 3 is 1.78 bits per heavy atom. The van der Waals surface area contributed by atoms with Gasteiger partial charge in [-0.25, -0.2) is 29.4 Å². The van der Waals surface area contributed by atoms with Gasteiger partial charge in [-0.3, -0.25) is 24.6 Å². The lowest BCUT2D eigenvalue weighted by molar-refractivity contribution is -0.206. The van der Waals surface area contributed by atoms with E-state index in [0.717, 1.165) is 36.2 Å². The van der Waals surface area contributed by atoms with Crippen LogP contribution in [0.4, 0.5) is 0 Å². The molecule has 0 radical (unpaired) electrons. The molecule has 3 N–H and O–H groups in total. The first kappa shape index (κ1) is 57.6. The number of hydrogen-bond donors (Lipinski definition) is 2. The zero-order valence-electron chi connectivity index (χ0n) is 38.9. The van der Waals surface area contributed by atoms with Crippen molar-refractivity contribution in [3.63, 3.8) is 0 Å². The molecule has 0 saturated carbocycles. The molecule has 67 heavy (non-hydrogen) atoms. The van der Waals surface area contributed by atoms with E-state index in [9.17, 15) is 14.4 Å². The van der Waals surface area contributed by atoms with Crippen LogP contribution in [0.25, 0.3) is 22.5 Å². The minimum Gasteiger partial charge on any atom is -0.466 e. The Hall–Kier alpha value is -5.48. The van der Waals surface area contributed by atoms with E-state index in [0.29, 0.717) is 49.9 Å². The van der Waals surface area contributed by atoms with Gasteiger partial charge in [-0.15, -0.1) is 0 Å². The average Bonchev–Trinajstić information content (AvgIpc) is 3.71. The second kappa shape index (κ2) is 33.1. The number of nitrogens with one attached hydrogen (secondary N) is 1. The third-order valence-corrected chi connectivity index (χ3v) is 9.43. The number of hydrogen-bond acceptors (Lipinski definition) is 15. The van der Waals surface area contributed by atoms with E-state index >= 15 is 0 Å². The van der Waals surface area contributed by atoms with Crippen LogP contribution in [0.15, 0.2) is 135 Å². The van der Waals surface area contributed by atoms with Crippen LogP contribution in [0.1, 0.15) is 44.5 Å². The van der Waals surface area contributed by atoms with Gasteiger partial charge < -0.3 is 29.6 Å². The number of nitrogens with zero attached hydrogens (tertiary/aromatic N) is 8. The Labute approximate surface area is 417 Å². The molecule has 0 spiro atoms. The summed E-state index contributed by atoms with van der Waals surface area (Å²) in [5.74, 6) is 0.000709. The number of nitrogens with two attached hydrogens (primary N) is 1. The molecule has 0 aromatic carbocycles. The molecule has 0 aliphatic rings. The van der Waals surface area contributed by atoms with E-state index in [2.05, 4.69) is 77.8 Å². The van der Waals surface area contributed by atoms with Gasteiger partial charge in [0.05, 0.1) is 36.5 Å². The summed E-state index contributed by atoms with van der Waals surface area (Å²) in [5, 5.41) is 2.91. The predicted molar refractivity (Wildman–Crippen MR) is 270 cm³/mol. The first-order valence-electron chi connectivity index (χ1n) is 20.9. The van der Waals surface area contributed by atoms with E-state index in [1.54, 1.807) is 92.5 Å². The summed E-state index contributed by atoms with van der Waals surface area (Å²) in [4.78, 5) is 59.2. The van der Waals surface area contributed by atoms with Crippen LogP contribution in [0, 0.1) is 0 Å². The zero-order valence-corrected chi connectivity index (χ0v) is 43.7. The standard InChI is InChI=1S/C13H9BrN4O.C12H15BrN2O2.C9H10BrNO2.C7H17NO2.C6H8N2/c14-11-5-4-9(7-16-11)10-8-17-18(13(10)19)12-3-1-2-6-15-12;1-4-17-12(16)10(8-15(2)3)9-5-6-11(13)14-7-9;1-2-13-9(12)5-7-3-4-8(10)11-6-7;1-5-9-7(8(3)4)10-6-2;7-5-6-3-1-2-4-8-6/h1-8,17H;5-8H,4H2,1-3H3;3-4,6H,2,5H2,1H3;7H,5-6H2,1-4H3;1-4H,5,7H2. The number of halogens is 3. The summed E-state index contributed by atoms with van der Waals surface area (Å²) >= 11 is 9.74. The van der Waals surface area contributed by atoms with Crippen molar-refractivity contribution in [3.05, 3.63) is 157 Å². The maximum absolute atomic E-state index is 12.3. The van der Waals surface area contributed by atoms with Gasteiger partial charge in [0.2, 0.25) is 6.41 Å². The number of ether oxygens (including phenoxy) is 4. The molecule has 0 saturated heterocycles. The third kappa shape index (κ3) is 22.7. The maximum atomic E-state index is 12.3. The van der Waals surface area contributed by atoms with E-state index in [-0.39, 0.29) is 30.3 Å². The number of aromatic nitrogens is 7. The number of carbonyl (C=O) groups is 2. The zero-order chi connectivity index (χ0) is 49.6. The van der Waals surface area contributed by atoms with Crippen molar-refractivity contribution in [1.82, 2.24) is 44.5 Å². The van der Waals surface area contributed by atoms with Crippen molar-refractivity contribution in [2.45, 2.75) is 47.1 Å². The lowest BCUT2D eigenvalue weighted by Crippen LogP contribution is -2.33. The number of rotatable bonds is 15. The SMILES string of the molecule is CCOC(=O)C(=CN(C)C)c1ccc(Br)nc1.CCOC(=O)Cc1ccc(Br)nc1.CCOC(OCC)N(C)C.NCc1ccccn1.O=c1c(-c2ccc(Br)nc2)c[nH]n1-c1ccccn1. The Bertz CT molecular complexity index is 2360. The molecule has 6 aromatic heterocycles. The van der Waals surface area contributed by atoms with E-state index in [1.807, 2.05) is 89.4 Å². The Kier molecular flexibility index (Phi) is 28.5. The van der Waals surface area contributed by atoms with Crippen LogP contribution in [0.5, 0.6) is 0 Å². The highest BCUT2D eigenvalue weighted by atomic mass is 79.9. The van der Waals surface area contributed by atoms with Gasteiger partial charge >= 0.3 is 11.9 Å². The van der Waals surface area contributed by atoms with Gasteiger partial charge in [0.1, 0.15) is 13.8 Å². The van der Waals surface area contributed by atoms with Gasteiger partial charge in [-0.05, 0) is 150 Å². The fourth-order valence-electron chi connectivity index (χ4n) is 5.06. The normalized spacial score (nSPS) is 10.5. The van der Waals surface area contributed by atoms with Crippen molar-refractivity contribution in [2.75, 3.05) is 54.6 Å². The largest absolute Gasteiger partial charge is 0.466 e. The van der Waals surface area contributed by atoms with Gasteiger partial charge in [0.25, 0.3) is 5.56 Å². The summed E-state index contributed by atoms with van der Waals surface area (Å²) in [6, 6.07) is 22.0. The van der Waals surface area contributed by atoms with Crippen LogP contribution < -0.4 is 11.3 Å². The molecule has 0 aliphatic heterocycles. The van der Waals surface area contributed by atoms with Crippen LogP contribution in [0.3, 0.4) is 0 Å². The summed E-state index contributed by atoms with van der Waals surface area (Å²) in [6.45, 7) is 10.1. The van der Waals surface area contributed by atoms with E-state index in [1.165, 1.54) is 4.68 Å². The first-order chi connectivity index (χ1) is 32.2. The molecule has 0 fully saturated rings. The fraction of sp³-hybridized carbons (Fsp3) is 0.319. The number of carbonyl (C=O) groups excluding carboxylic acids is 2. The highest BCUT2D eigenvalue weighted by Crippen LogP contribution is 2.18. The maximum Gasteiger partial charge on any atom is 0.340 e. The van der Waals surface area contributed by atoms with Crippen LogP contribution in [0.2, 0.25) is 0 Å². The van der Waals surface area contributed by atoms with Crippen molar-refractivity contribution < 1.29 is 28.5 Å². The highest BCUT2D eigenvalue weighted by Gasteiger charge is 2.14. The molecule has 0 unspecified atom stereocenters. The molecular weight excluding hydrogens is 1060 g/mol. The third-order valence-electron chi connectivity index (χ3n) is 8.03. The van der Waals surface area contributed by atoms with Gasteiger partial charge in [0.15, 0.2) is 5.82 Å². The van der Waals surface area contributed by atoms with Gasteiger partial charge in [0, 0.05) is 88.4 Å². The smallest absolute Gasteiger partial charge is 0.340 e. The van der Waals surface area contributed by atoms with Gasteiger partial charge in [-0.1, -0.05) is 18.2 Å². The Morgan fingerprint density at radius 1 is 0.731 bits per heavy atom. The number of aromatic amines is 1. The average molecular weight is 1120 g/mol. The van der Waals surface area contributed by atoms with Crippen LogP contribution in [-0.4, -0.2) is 117 Å². The minimum absolute atomic E-state index is 0.150. The lowest BCUT2D eigenvalue weighted by Gasteiger charge is -2.22. The number of H-pyrrole nitrogens is 1. The second-order valence-electron chi connectivity index (χ2n) is 13.7. The predicted octanol–water partition coefficient (Wildman–Crippen LogP) is 8.09. The first-order valence-corrected chi connectivity index (χ1v) is 23.3. The molecule has 0 amide bonds. The quantitative estimate of drug-likeness (QED) is 0.0432. The van der Waals surface area contributed by atoms with Crippen molar-refractivity contribution in [1.29, 1.82) is 0 Å². The summed E-state index contributed by atoms with van der Waals surface area (Å²) in [6.07, 6.45) is 11.8. The molecule has 6 aromatic rings. The molecule has 6 rings (SSSR count). The summed E-state index contributed by atoms with van der Waals surface area (Å²) in [5.41, 5.74) is 9.49. The summed E-state index contributed by atoms with van der Waals surface area (Å²) < 4.78 is 23.9.